The molecule has 0 bridgehead atoms. The van der Waals surface area contributed by atoms with Crippen LogP contribution in [-0.2, 0) is 0 Å². The highest BCUT2D eigenvalue weighted by molar-refractivity contribution is 9.10. The largest absolute Gasteiger partial charge is 0.497 e. The topological polar surface area (TPSA) is 24.5 Å². The molecule has 1 fully saturated rings. The van der Waals surface area contributed by atoms with Crippen LogP contribution in [0.3, 0.4) is 0 Å². The Morgan fingerprint density at radius 3 is 2.76 bits per heavy atom. The van der Waals surface area contributed by atoms with Crippen LogP contribution in [0.25, 0.3) is 0 Å². The van der Waals surface area contributed by atoms with Crippen molar-refractivity contribution in [2.75, 3.05) is 26.0 Å². The van der Waals surface area contributed by atoms with Gasteiger partial charge in [0.25, 0.3) is 0 Å². The van der Waals surface area contributed by atoms with Gasteiger partial charge in [0.05, 0.1) is 7.11 Å². The number of likely N-dealkylation sites (N-methyl/N-ethyl adjacent to an activating group) is 1. The van der Waals surface area contributed by atoms with Crippen LogP contribution < -0.4 is 10.1 Å². The lowest BCUT2D eigenvalue weighted by atomic mass is 10.2. The Bertz CT molecular complexity index is 387. The first-order valence-electron chi connectivity index (χ1n) is 5.90. The highest BCUT2D eigenvalue weighted by Gasteiger charge is 2.25. The lowest BCUT2D eigenvalue weighted by Crippen LogP contribution is -2.24. The van der Waals surface area contributed by atoms with Crippen molar-refractivity contribution in [2.24, 2.45) is 0 Å². The van der Waals surface area contributed by atoms with E-state index >= 15 is 0 Å². The Morgan fingerprint density at radius 1 is 1.41 bits per heavy atom. The lowest BCUT2D eigenvalue weighted by Gasteiger charge is -2.15. The van der Waals surface area contributed by atoms with E-state index in [1.165, 1.54) is 6.42 Å². The smallest absolute Gasteiger partial charge is 0.122 e. The summed E-state index contributed by atoms with van der Waals surface area (Å²) in [6.07, 6.45) is 1.19. The van der Waals surface area contributed by atoms with Crippen LogP contribution >= 0.6 is 15.9 Å². The van der Waals surface area contributed by atoms with Crippen molar-refractivity contribution in [1.29, 1.82) is 0 Å². The molecule has 1 heterocycles. The van der Waals surface area contributed by atoms with Gasteiger partial charge in [-0.05, 0) is 32.5 Å². The maximum Gasteiger partial charge on any atom is 0.122 e. The summed E-state index contributed by atoms with van der Waals surface area (Å²) in [5, 5.41) is 3.57. The van der Waals surface area contributed by atoms with Gasteiger partial charge in [0.2, 0.25) is 0 Å². The van der Waals surface area contributed by atoms with E-state index in [-0.39, 0.29) is 0 Å². The van der Waals surface area contributed by atoms with Gasteiger partial charge < -0.3 is 15.0 Å². The number of benzene rings is 1. The third-order valence-corrected chi connectivity index (χ3v) is 3.82. The fourth-order valence-electron chi connectivity index (χ4n) is 2.30. The number of methoxy groups -OCH3 is 1. The standard InChI is InChI=1S/C13H19BrN2O/c1-9-4-12(8-16(9)2)15-11-5-10(14)6-13(7-11)17-3/h5-7,9,12,15H,4,8H2,1-3H3. The van der Waals surface area contributed by atoms with Crippen LogP contribution in [0, 0.1) is 0 Å². The molecule has 1 N–H and O–H groups in total. The molecule has 1 saturated heterocycles. The number of nitrogens with one attached hydrogen (secondary N) is 1. The average Bonchev–Trinajstić information content (AvgIpc) is 2.57. The highest BCUT2D eigenvalue weighted by Crippen LogP contribution is 2.26. The van der Waals surface area contributed by atoms with E-state index in [0.29, 0.717) is 12.1 Å². The molecule has 4 heteroatoms. The first kappa shape index (κ1) is 12.7. The van der Waals surface area contributed by atoms with Gasteiger partial charge in [0, 0.05) is 34.9 Å². The monoisotopic (exact) mass is 298 g/mol. The molecule has 1 aromatic carbocycles. The zero-order valence-electron chi connectivity index (χ0n) is 10.5. The van der Waals surface area contributed by atoms with Crippen molar-refractivity contribution in [2.45, 2.75) is 25.4 Å². The molecule has 0 spiro atoms. The summed E-state index contributed by atoms with van der Waals surface area (Å²) in [4.78, 5) is 2.38. The predicted octanol–water partition coefficient (Wildman–Crippen LogP) is 2.96. The molecular formula is C13H19BrN2O. The number of nitrogens with zero attached hydrogens (tertiary/aromatic N) is 1. The summed E-state index contributed by atoms with van der Waals surface area (Å²) in [5.41, 5.74) is 1.11. The molecule has 0 saturated carbocycles. The molecular weight excluding hydrogens is 280 g/mol. The molecule has 1 aromatic rings. The quantitative estimate of drug-likeness (QED) is 0.928. The molecule has 0 aromatic heterocycles. The molecule has 0 radical (unpaired) electrons. The van der Waals surface area contributed by atoms with E-state index in [1.807, 2.05) is 12.1 Å². The molecule has 1 aliphatic heterocycles. The minimum Gasteiger partial charge on any atom is -0.497 e. The van der Waals surface area contributed by atoms with Gasteiger partial charge in [-0.2, -0.15) is 0 Å². The second kappa shape index (κ2) is 5.27. The van der Waals surface area contributed by atoms with E-state index in [1.54, 1.807) is 7.11 Å². The van der Waals surface area contributed by atoms with Crippen LogP contribution in [0.15, 0.2) is 22.7 Å². The van der Waals surface area contributed by atoms with Crippen molar-refractivity contribution >= 4 is 21.6 Å². The lowest BCUT2D eigenvalue weighted by molar-refractivity contribution is 0.330. The first-order valence-corrected chi connectivity index (χ1v) is 6.69. The van der Waals surface area contributed by atoms with Crippen molar-refractivity contribution < 1.29 is 4.74 Å². The fraction of sp³-hybridized carbons (Fsp3) is 0.538. The first-order chi connectivity index (χ1) is 8.08. The van der Waals surface area contributed by atoms with Gasteiger partial charge in [0.15, 0.2) is 0 Å². The summed E-state index contributed by atoms with van der Waals surface area (Å²) in [7, 11) is 3.87. The zero-order chi connectivity index (χ0) is 12.4. The fourth-order valence-corrected chi connectivity index (χ4v) is 2.77. The Kier molecular flexibility index (Phi) is 3.94. The van der Waals surface area contributed by atoms with E-state index < -0.39 is 0 Å². The Balaban J connectivity index is 2.06. The van der Waals surface area contributed by atoms with Gasteiger partial charge in [-0.1, -0.05) is 15.9 Å². The summed E-state index contributed by atoms with van der Waals surface area (Å²) in [6, 6.07) is 7.27. The SMILES string of the molecule is COc1cc(Br)cc(NC2CC(C)N(C)C2)c1. The highest BCUT2D eigenvalue weighted by atomic mass is 79.9. The molecule has 3 nitrogen and oxygen atoms in total. The summed E-state index contributed by atoms with van der Waals surface area (Å²) in [6.45, 7) is 3.36. The summed E-state index contributed by atoms with van der Waals surface area (Å²) >= 11 is 3.50. The maximum atomic E-state index is 5.26. The summed E-state index contributed by atoms with van der Waals surface area (Å²) in [5.74, 6) is 0.876. The molecule has 17 heavy (non-hydrogen) atoms. The predicted molar refractivity (Wildman–Crippen MR) is 74.8 cm³/mol. The van der Waals surface area contributed by atoms with Crippen LogP contribution in [-0.4, -0.2) is 37.7 Å². The van der Waals surface area contributed by atoms with Gasteiger partial charge >= 0.3 is 0 Å². The van der Waals surface area contributed by atoms with Crippen LogP contribution in [0.4, 0.5) is 5.69 Å². The molecule has 0 amide bonds. The van der Waals surface area contributed by atoms with Gasteiger partial charge in [0.1, 0.15) is 5.75 Å². The summed E-state index contributed by atoms with van der Waals surface area (Å²) < 4.78 is 6.30. The van der Waals surface area contributed by atoms with Crippen LogP contribution in [0.2, 0.25) is 0 Å². The minimum absolute atomic E-state index is 0.522. The Hall–Kier alpha value is -0.740. The Labute approximate surface area is 111 Å². The molecule has 2 atom stereocenters. The van der Waals surface area contributed by atoms with Crippen LogP contribution in [0.5, 0.6) is 5.75 Å². The van der Waals surface area contributed by atoms with E-state index in [4.69, 9.17) is 4.74 Å². The molecule has 2 unspecified atom stereocenters. The van der Waals surface area contributed by atoms with E-state index in [0.717, 1.165) is 22.5 Å². The number of likely N-dealkylation sites (tertiary alicyclic amines) is 1. The number of hydrogen-bond donors (Lipinski definition) is 1. The average molecular weight is 299 g/mol. The molecule has 1 aliphatic rings. The van der Waals surface area contributed by atoms with Crippen molar-refractivity contribution in [3.63, 3.8) is 0 Å². The normalized spacial score (nSPS) is 24.9. The number of ether oxygens (including phenoxy) is 1. The Morgan fingerprint density at radius 2 is 2.18 bits per heavy atom. The minimum atomic E-state index is 0.522. The number of hydrogen-bond acceptors (Lipinski definition) is 3. The number of rotatable bonds is 3. The van der Waals surface area contributed by atoms with Gasteiger partial charge in [-0.3, -0.25) is 0 Å². The number of anilines is 1. The molecule has 0 aliphatic carbocycles. The zero-order valence-corrected chi connectivity index (χ0v) is 12.1. The molecule has 94 valence electrons. The number of halogens is 1. The van der Waals surface area contributed by atoms with E-state index in [2.05, 4.69) is 46.2 Å². The van der Waals surface area contributed by atoms with Crippen molar-refractivity contribution in [3.8, 4) is 5.75 Å². The van der Waals surface area contributed by atoms with Crippen LogP contribution in [0.1, 0.15) is 13.3 Å². The third kappa shape index (κ3) is 3.13. The molecule has 2 rings (SSSR count). The van der Waals surface area contributed by atoms with Crippen molar-refractivity contribution in [3.05, 3.63) is 22.7 Å². The second-order valence-corrected chi connectivity index (χ2v) is 5.66. The maximum absolute atomic E-state index is 5.26. The third-order valence-electron chi connectivity index (χ3n) is 3.36. The van der Waals surface area contributed by atoms with E-state index in [9.17, 15) is 0 Å². The van der Waals surface area contributed by atoms with Gasteiger partial charge in [-0.25, -0.2) is 0 Å². The van der Waals surface area contributed by atoms with Crippen molar-refractivity contribution in [1.82, 2.24) is 4.90 Å². The second-order valence-electron chi connectivity index (χ2n) is 4.75. The van der Waals surface area contributed by atoms with Gasteiger partial charge in [-0.15, -0.1) is 0 Å².